The van der Waals surface area contributed by atoms with Crippen molar-refractivity contribution in [2.45, 2.75) is 51.0 Å². The highest BCUT2D eigenvalue weighted by molar-refractivity contribution is 5.92. The van der Waals surface area contributed by atoms with E-state index in [9.17, 15) is 4.79 Å². The van der Waals surface area contributed by atoms with Crippen molar-refractivity contribution in [3.8, 4) is 11.5 Å². The molecule has 4 rings (SSSR count). The molecule has 3 heterocycles. The number of aromatic nitrogens is 1. The van der Waals surface area contributed by atoms with Crippen LogP contribution in [-0.4, -0.2) is 55.8 Å². The number of hydrogen-bond acceptors (Lipinski definition) is 5. The van der Waals surface area contributed by atoms with Crippen molar-refractivity contribution >= 4 is 17.5 Å². The number of methoxy groups -OCH3 is 2. The zero-order chi connectivity index (χ0) is 22.3. The van der Waals surface area contributed by atoms with Gasteiger partial charge in [-0.25, -0.2) is 9.78 Å². The lowest BCUT2D eigenvalue weighted by Gasteiger charge is -2.36. The molecule has 1 N–H and O–H groups in total. The topological polar surface area (TPSA) is 66.9 Å². The summed E-state index contributed by atoms with van der Waals surface area (Å²) in [4.78, 5) is 22.1. The van der Waals surface area contributed by atoms with Gasteiger partial charge in [-0.2, -0.15) is 0 Å². The van der Waals surface area contributed by atoms with E-state index in [2.05, 4.69) is 21.3 Å². The zero-order valence-corrected chi connectivity index (χ0v) is 19.2. The summed E-state index contributed by atoms with van der Waals surface area (Å²) in [5.74, 6) is 2.37. The van der Waals surface area contributed by atoms with Crippen molar-refractivity contribution in [3.05, 3.63) is 42.1 Å². The summed E-state index contributed by atoms with van der Waals surface area (Å²) >= 11 is 0. The third kappa shape index (κ3) is 5.09. The summed E-state index contributed by atoms with van der Waals surface area (Å²) in [7, 11) is 3.30. The first-order valence-corrected chi connectivity index (χ1v) is 11.7. The Morgan fingerprint density at radius 3 is 2.62 bits per heavy atom. The maximum atomic E-state index is 13.3. The Morgan fingerprint density at radius 1 is 1.06 bits per heavy atom. The molecule has 0 saturated carbocycles. The number of rotatable bonds is 7. The number of nitrogens with zero attached hydrogens (tertiary/aromatic N) is 3. The van der Waals surface area contributed by atoms with Crippen LogP contribution in [0.3, 0.4) is 0 Å². The Hall–Kier alpha value is -2.96. The van der Waals surface area contributed by atoms with E-state index >= 15 is 0 Å². The van der Waals surface area contributed by atoms with Gasteiger partial charge in [-0.05, 0) is 74.8 Å². The highest BCUT2D eigenvalue weighted by atomic mass is 16.5. The smallest absolute Gasteiger partial charge is 0.322 e. The predicted molar refractivity (Wildman–Crippen MR) is 127 cm³/mol. The Balaban J connectivity index is 1.42. The molecule has 0 bridgehead atoms. The van der Waals surface area contributed by atoms with Crippen molar-refractivity contribution in [3.63, 3.8) is 0 Å². The third-order valence-corrected chi connectivity index (χ3v) is 6.54. The second kappa shape index (κ2) is 10.6. The van der Waals surface area contributed by atoms with Crippen molar-refractivity contribution in [1.29, 1.82) is 0 Å². The van der Waals surface area contributed by atoms with Gasteiger partial charge in [-0.1, -0.05) is 6.07 Å². The zero-order valence-electron chi connectivity index (χ0n) is 19.2. The summed E-state index contributed by atoms with van der Waals surface area (Å²) in [6.45, 7) is 2.79. The van der Waals surface area contributed by atoms with Crippen LogP contribution < -0.4 is 19.7 Å². The Labute approximate surface area is 190 Å². The van der Waals surface area contributed by atoms with Gasteiger partial charge in [0.15, 0.2) is 17.3 Å². The van der Waals surface area contributed by atoms with Gasteiger partial charge in [0.25, 0.3) is 0 Å². The van der Waals surface area contributed by atoms with Gasteiger partial charge < -0.3 is 24.6 Å². The van der Waals surface area contributed by atoms with E-state index in [4.69, 9.17) is 9.47 Å². The van der Waals surface area contributed by atoms with E-state index in [0.29, 0.717) is 0 Å². The van der Waals surface area contributed by atoms with E-state index in [1.807, 2.05) is 29.2 Å². The lowest BCUT2D eigenvalue weighted by atomic mass is 9.96. The summed E-state index contributed by atoms with van der Waals surface area (Å²) in [6, 6.07) is 10.1. The first-order chi connectivity index (χ1) is 15.7. The molecule has 0 aliphatic carbocycles. The number of hydrogen-bond donors (Lipinski definition) is 1. The average Bonchev–Trinajstić information content (AvgIpc) is 3.38. The van der Waals surface area contributed by atoms with E-state index in [1.54, 1.807) is 20.4 Å². The number of amides is 2. The number of carbonyl (C=O) groups is 1. The first-order valence-electron chi connectivity index (χ1n) is 11.7. The van der Waals surface area contributed by atoms with Crippen LogP contribution in [0, 0.1) is 0 Å². The Bertz CT molecular complexity index is 914. The predicted octanol–water partition coefficient (Wildman–Crippen LogP) is 4.72. The minimum atomic E-state index is -0.0181. The molecule has 172 valence electrons. The number of pyridine rings is 1. The average molecular weight is 439 g/mol. The number of likely N-dealkylation sites (tertiary alicyclic amines) is 1. The molecule has 1 atom stereocenters. The van der Waals surface area contributed by atoms with Crippen LogP contribution in [0.1, 0.15) is 44.1 Å². The summed E-state index contributed by atoms with van der Waals surface area (Å²) in [5, 5.41) is 3.16. The van der Waals surface area contributed by atoms with Gasteiger partial charge in [0.2, 0.25) is 0 Å². The minimum Gasteiger partial charge on any atom is -0.493 e. The number of piperidine rings is 1. The minimum absolute atomic E-state index is 0.0181. The van der Waals surface area contributed by atoms with Crippen molar-refractivity contribution in [2.24, 2.45) is 0 Å². The van der Waals surface area contributed by atoms with Crippen molar-refractivity contribution in [1.82, 2.24) is 9.88 Å². The fourth-order valence-corrected chi connectivity index (χ4v) is 4.80. The van der Waals surface area contributed by atoms with Crippen LogP contribution in [0.25, 0.3) is 0 Å². The van der Waals surface area contributed by atoms with Gasteiger partial charge in [-0.3, -0.25) is 0 Å². The maximum Gasteiger partial charge on any atom is 0.322 e. The monoisotopic (exact) mass is 438 g/mol. The van der Waals surface area contributed by atoms with Crippen LogP contribution in [-0.2, 0) is 6.42 Å². The van der Waals surface area contributed by atoms with E-state index < -0.39 is 0 Å². The highest BCUT2D eigenvalue weighted by Gasteiger charge is 2.28. The summed E-state index contributed by atoms with van der Waals surface area (Å²) in [6.07, 6.45) is 9.21. The quantitative estimate of drug-likeness (QED) is 0.678. The van der Waals surface area contributed by atoms with Crippen LogP contribution in [0.4, 0.5) is 16.3 Å². The second-order valence-corrected chi connectivity index (χ2v) is 8.57. The fourth-order valence-electron chi connectivity index (χ4n) is 4.80. The van der Waals surface area contributed by atoms with Gasteiger partial charge in [0.1, 0.15) is 0 Å². The van der Waals surface area contributed by atoms with Crippen LogP contribution >= 0.6 is 0 Å². The van der Waals surface area contributed by atoms with Gasteiger partial charge in [0, 0.05) is 31.9 Å². The maximum absolute atomic E-state index is 13.3. The first kappa shape index (κ1) is 22.2. The standard InChI is InChI=1S/C25H34N4O3/c1-31-22-13-11-19(18-23(22)32-2)10-12-20-8-3-4-17-29(20)25(30)27-21-9-7-14-26-24(21)28-15-5-6-16-28/h7,9,11,13-14,18,20H,3-6,8,10,12,15-17H2,1-2H3,(H,27,30). The highest BCUT2D eigenvalue weighted by Crippen LogP contribution is 2.30. The fraction of sp³-hybridized carbons (Fsp3) is 0.520. The van der Waals surface area contributed by atoms with Gasteiger partial charge in [0.05, 0.1) is 19.9 Å². The molecule has 2 amide bonds. The molecular weight excluding hydrogens is 404 g/mol. The number of ether oxygens (including phenoxy) is 2. The number of anilines is 2. The third-order valence-electron chi connectivity index (χ3n) is 6.54. The Kier molecular flexibility index (Phi) is 7.35. The van der Waals surface area contributed by atoms with Crippen molar-refractivity contribution < 1.29 is 14.3 Å². The molecule has 1 aromatic heterocycles. The summed E-state index contributed by atoms with van der Waals surface area (Å²) < 4.78 is 10.8. The number of urea groups is 1. The molecular formula is C25H34N4O3. The molecule has 0 radical (unpaired) electrons. The van der Waals surface area contributed by atoms with Crippen molar-refractivity contribution in [2.75, 3.05) is 44.1 Å². The lowest BCUT2D eigenvalue weighted by Crippen LogP contribution is -2.46. The molecule has 1 aromatic carbocycles. The number of nitrogens with one attached hydrogen (secondary N) is 1. The molecule has 2 fully saturated rings. The largest absolute Gasteiger partial charge is 0.493 e. The van der Waals surface area contributed by atoms with E-state index in [1.165, 1.54) is 18.4 Å². The molecule has 7 heteroatoms. The molecule has 2 aliphatic rings. The molecule has 7 nitrogen and oxygen atoms in total. The summed E-state index contributed by atoms with van der Waals surface area (Å²) in [5.41, 5.74) is 2.00. The molecule has 2 saturated heterocycles. The van der Waals surface area contributed by atoms with Gasteiger partial charge >= 0.3 is 6.03 Å². The van der Waals surface area contributed by atoms with E-state index in [0.717, 1.165) is 74.7 Å². The number of benzene rings is 1. The normalized spacial score (nSPS) is 18.5. The molecule has 2 aromatic rings. The number of aryl methyl sites for hydroxylation is 1. The van der Waals surface area contributed by atoms with E-state index in [-0.39, 0.29) is 12.1 Å². The lowest BCUT2D eigenvalue weighted by molar-refractivity contribution is 0.158. The molecule has 32 heavy (non-hydrogen) atoms. The molecule has 2 aliphatic heterocycles. The molecule has 0 spiro atoms. The molecule has 1 unspecified atom stereocenters. The van der Waals surface area contributed by atoms with Crippen LogP contribution in [0.2, 0.25) is 0 Å². The Morgan fingerprint density at radius 2 is 1.84 bits per heavy atom. The SMILES string of the molecule is COc1ccc(CCC2CCCCN2C(=O)Nc2cccnc2N2CCCC2)cc1OC. The second-order valence-electron chi connectivity index (χ2n) is 8.57. The number of carbonyl (C=O) groups excluding carboxylic acids is 1. The van der Waals surface area contributed by atoms with Crippen LogP contribution in [0.5, 0.6) is 11.5 Å². The van der Waals surface area contributed by atoms with Gasteiger partial charge in [-0.15, -0.1) is 0 Å². The van der Waals surface area contributed by atoms with Crippen LogP contribution in [0.15, 0.2) is 36.5 Å².